The molecule has 1 aromatic heterocycles. The van der Waals surface area contributed by atoms with Crippen molar-refractivity contribution in [2.45, 2.75) is 44.3 Å². The van der Waals surface area contributed by atoms with Crippen LogP contribution < -0.4 is 0 Å². The number of carbonyl (C=O) groups is 1. The fraction of sp³-hybridized carbons (Fsp3) is 0.714. The summed E-state index contributed by atoms with van der Waals surface area (Å²) in [6.45, 7) is 7.44. The average Bonchev–Trinajstić information content (AvgIpc) is 2.77. The lowest BCUT2D eigenvalue weighted by Crippen LogP contribution is -2.19. The second-order valence-electron chi connectivity index (χ2n) is 5.61. The minimum Gasteiger partial charge on any atom is -0.481 e. The average molecular weight is 299 g/mol. The van der Waals surface area contributed by atoms with Crippen LogP contribution in [-0.2, 0) is 4.79 Å². The van der Waals surface area contributed by atoms with Crippen molar-refractivity contribution in [1.82, 2.24) is 14.5 Å². The van der Waals surface area contributed by atoms with Gasteiger partial charge in [0.2, 0.25) is 0 Å². The SMILES string of the molecule is CC(C)c1cnc(SCC(=O)O)n1C(C)CCN(C)C. The van der Waals surface area contributed by atoms with Crippen LogP contribution in [0.4, 0.5) is 0 Å². The Hall–Kier alpha value is -1.01. The molecule has 0 amide bonds. The van der Waals surface area contributed by atoms with E-state index in [2.05, 4.69) is 49.3 Å². The quantitative estimate of drug-likeness (QED) is 0.748. The molecule has 1 unspecified atom stereocenters. The molecule has 0 aromatic carbocycles. The zero-order chi connectivity index (χ0) is 15.3. The van der Waals surface area contributed by atoms with Crippen molar-refractivity contribution in [3.8, 4) is 0 Å². The molecule has 20 heavy (non-hydrogen) atoms. The van der Waals surface area contributed by atoms with E-state index in [9.17, 15) is 4.79 Å². The van der Waals surface area contributed by atoms with Crippen molar-refractivity contribution in [3.05, 3.63) is 11.9 Å². The number of aromatic nitrogens is 2. The van der Waals surface area contributed by atoms with E-state index in [1.165, 1.54) is 17.5 Å². The van der Waals surface area contributed by atoms with Crippen LogP contribution in [0.3, 0.4) is 0 Å². The van der Waals surface area contributed by atoms with Gasteiger partial charge in [-0.25, -0.2) is 4.98 Å². The van der Waals surface area contributed by atoms with Crippen LogP contribution in [0.5, 0.6) is 0 Å². The molecule has 0 fully saturated rings. The molecule has 0 bridgehead atoms. The molecule has 0 radical (unpaired) electrons. The van der Waals surface area contributed by atoms with Crippen molar-refractivity contribution >= 4 is 17.7 Å². The summed E-state index contributed by atoms with van der Waals surface area (Å²) in [5.41, 5.74) is 1.17. The molecule has 0 saturated heterocycles. The predicted molar refractivity (Wildman–Crippen MR) is 82.6 cm³/mol. The van der Waals surface area contributed by atoms with Crippen LogP contribution in [0.2, 0.25) is 0 Å². The summed E-state index contributed by atoms with van der Waals surface area (Å²) in [4.78, 5) is 17.3. The van der Waals surface area contributed by atoms with Gasteiger partial charge in [0.15, 0.2) is 5.16 Å². The molecule has 6 heteroatoms. The van der Waals surface area contributed by atoms with Gasteiger partial charge in [0.25, 0.3) is 0 Å². The van der Waals surface area contributed by atoms with Crippen LogP contribution in [-0.4, -0.2) is 51.9 Å². The van der Waals surface area contributed by atoms with Gasteiger partial charge in [0.1, 0.15) is 0 Å². The molecule has 114 valence electrons. The molecule has 0 aliphatic heterocycles. The summed E-state index contributed by atoms with van der Waals surface area (Å²) in [6.07, 6.45) is 2.89. The van der Waals surface area contributed by atoms with E-state index in [-0.39, 0.29) is 5.75 Å². The molecule has 0 spiro atoms. The van der Waals surface area contributed by atoms with Gasteiger partial charge in [-0.3, -0.25) is 4.79 Å². The molecule has 1 N–H and O–H groups in total. The lowest BCUT2D eigenvalue weighted by atomic mass is 10.1. The first kappa shape index (κ1) is 17.0. The highest BCUT2D eigenvalue weighted by Gasteiger charge is 2.18. The third-order valence-corrected chi connectivity index (χ3v) is 4.09. The third-order valence-electron chi connectivity index (χ3n) is 3.14. The number of nitrogens with zero attached hydrogens (tertiary/aromatic N) is 3. The first-order valence-corrected chi connectivity index (χ1v) is 7.88. The standard InChI is InChI=1S/C14H25N3O2S/c1-10(2)12-8-15-14(20-9-13(18)19)17(12)11(3)6-7-16(4)5/h8,10-11H,6-7,9H2,1-5H3,(H,18,19). The van der Waals surface area contributed by atoms with Gasteiger partial charge >= 0.3 is 5.97 Å². The van der Waals surface area contributed by atoms with E-state index in [4.69, 9.17) is 5.11 Å². The number of imidazole rings is 1. The zero-order valence-corrected chi connectivity index (χ0v) is 13.8. The number of thioether (sulfide) groups is 1. The normalized spacial score (nSPS) is 13.2. The fourth-order valence-electron chi connectivity index (χ4n) is 2.03. The predicted octanol–water partition coefficient (Wildman–Crippen LogP) is 2.70. The highest BCUT2D eigenvalue weighted by atomic mass is 32.2. The Bertz CT molecular complexity index is 444. The molecule has 1 aromatic rings. The monoisotopic (exact) mass is 299 g/mol. The molecule has 5 nitrogen and oxygen atoms in total. The molecule has 0 aliphatic carbocycles. The Kier molecular flexibility index (Phi) is 6.55. The smallest absolute Gasteiger partial charge is 0.313 e. The first-order valence-electron chi connectivity index (χ1n) is 6.89. The maximum Gasteiger partial charge on any atom is 0.313 e. The number of hydrogen-bond donors (Lipinski definition) is 1. The van der Waals surface area contributed by atoms with Gasteiger partial charge in [0, 0.05) is 17.9 Å². The van der Waals surface area contributed by atoms with Gasteiger partial charge in [-0.1, -0.05) is 25.6 Å². The van der Waals surface area contributed by atoms with Gasteiger partial charge in [0.05, 0.1) is 5.75 Å². The molecule has 1 rings (SSSR count). The maximum atomic E-state index is 10.7. The summed E-state index contributed by atoms with van der Waals surface area (Å²) in [7, 11) is 4.12. The van der Waals surface area contributed by atoms with Gasteiger partial charge in [-0.2, -0.15) is 0 Å². The summed E-state index contributed by atoms with van der Waals surface area (Å²) >= 11 is 1.29. The lowest BCUT2D eigenvalue weighted by Gasteiger charge is -2.22. The summed E-state index contributed by atoms with van der Waals surface area (Å²) in [5, 5.41) is 9.64. The van der Waals surface area contributed by atoms with Crippen molar-refractivity contribution in [2.24, 2.45) is 0 Å². The Balaban J connectivity index is 2.92. The second kappa shape index (κ2) is 7.69. The van der Waals surface area contributed by atoms with Crippen LogP contribution in [0.25, 0.3) is 0 Å². The van der Waals surface area contributed by atoms with E-state index in [0.717, 1.165) is 18.1 Å². The second-order valence-corrected chi connectivity index (χ2v) is 6.56. The molecule has 0 saturated carbocycles. The number of aliphatic carboxylic acids is 1. The van der Waals surface area contributed by atoms with Crippen molar-refractivity contribution in [2.75, 3.05) is 26.4 Å². The molecule has 1 heterocycles. The third kappa shape index (κ3) is 4.83. The van der Waals surface area contributed by atoms with Crippen molar-refractivity contribution in [3.63, 3.8) is 0 Å². The summed E-state index contributed by atoms with van der Waals surface area (Å²) in [5.74, 6) is -0.380. The highest BCUT2D eigenvalue weighted by molar-refractivity contribution is 7.99. The van der Waals surface area contributed by atoms with Crippen LogP contribution in [0.1, 0.15) is 44.8 Å². The van der Waals surface area contributed by atoms with E-state index in [1.807, 2.05) is 6.20 Å². The molecule has 0 aliphatic rings. The minimum atomic E-state index is -0.809. The van der Waals surface area contributed by atoms with Gasteiger partial charge in [-0.05, 0) is 39.9 Å². The largest absolute Gasteiger partial charge is 0.481 e. The highest BCUT2D eigenvalue weighted by Crippen LogP contribution is 2.28. The number of hydrogen-bond acceptors (Lipinski definition) is 4. The van der Waals surface area contributed by atoms with Crippen LogP contribution in [0, 0.1) is 0 Å². The fourth-order valence-corrected chi connectivity index (χ4v) is 2.84. The first-order chi connectivity index (χ1) is 9.32. The van der Waals surface area contributed by atoms with Crippen molar-refractivity contribution in [1.29, 1.82) is 0 Å². The van der Waals surface area contributed by atoms with Gasteiger partial charge in [-0.15, -0.1) is 0 Å². The van der Waals surface area contributed by atoms with E-state index in [1.54, 1.807) is 0 Å². The Morgan fingerprint density at radius 1 is 1.45 bits per heavy atom. The number of carboxylic acids is 1. The van der Waals surface area contributed by atoms with Gasteiger partial charge < -0.3 is 14.6 Å². The van der Waals surface area contributed by atoms with Crippen LogP contribution >= 0.6 is 11.8 Å². The molecular weight excluding hydrogens is 274 g/mol. The molecular formula is C14H25N3O2S. The van der Waals surface area contributed by atoms with E-state index >= 15 is 0 Å². The van der Waals surface area contributed by atoms with Crippen molar-refractivity contribution < 1.29 is 9.90 Å². The Labute approximate surface area is 125 Å². The van der Waals surface area contributed by atoms with E-state index in [0.29, 0.717) is 12.0 Å². The maximum absolute atomic E-state index is 10.7. The Morgan fingerprint density at radius 3 is 2.60 bits per heavy atom. The molecule has 1 atom stereocenters. The zero-order valence-electron chi connectivity index (χ0n) is 13.0. The summed E-state index contributed by atoms with van der Waals surface area (Å²) < 4.78 is 2.20. The minimum absolute atomic E-state index is 0.0505. The number of carboxylic acid groups (broad SMARTS) is 1. The van der Waals surface area contributed by atoms with E-state index < -0.39 is 5.97 Å². The lowest BCUT2D eigenvalue weighted by molar-refractivity contribution is -0.133. The topological polar surface area (TPSA) is 58.4 Å². The summed E-state index contributed by atoms with van der Waals surface area (Å²) in [6, 6.07) is 0.314. The number of rotatable bonds is 8. The van der Waals surface area contributed by atoms with Crippen LogP contribution in [0.15, 0.2) is 11.4 Å². The Morgan fingerprint density at radius 2 is 2.10 bits per heavy atom.